The lowest BCUT2D eigenvalue weighted by Gasteiger charge is -1.92. The quantitative estimate of drug-likeness (QED) is 0.755. The van der Waals surface area contributed by atoms with Crippen molar-refractivity contribution in [3.8, 4) is 10.8 Å². The molecule has 0 saturated carbocycles. The molecule has 0 aliphatic rings. The Morgan fingerprint density at radius 3 is 2.83 bits per heavy atom. The molecule has 0 spiro atoms. The highest BCUT2D eigenvalue weighted by Crippen LogP contribution is 2.35. The number of nitrogens with two attached hydrogens (primary N) is 1. The number of nitrogens with zero attached hydrogens (tertiary/aromatic N) is 1. The first kappa shape index (κ1) is 11.3. The minimum atomic E-state index is 0.664. The number of fused-ring (bicyclic) bond motifs is 1. The van der Waals surface area contributed by atoms with Gasteiger partial charge >= 0.3 is 0 Å². The van der Waals surface area contributed by atoms with E-state index in [2.05, 4.69) is 24.0 Å². The van der Waals surface area contributed by atoms with Gasteiger partial charge in [0.25, 0.3) is 0 Å². The van der Waals surface area contributed by atoms with Gasteiger partial charge in [-0.3, -0.25) is 0 Å². The summed E-state index contributed by atoms with van der Waals surface area (Å²) in [5.41, 5.74) is 9.93. The van der Waals surface area contributed by atoms with Crippen molar-refractivity contribution in [2.24, 2.45) is 0 Å². The Bertz CT molecular complexity index is 712. The fourth-order valence-corrected chi connectivity index (χ4v) is 2.88. The lowest BCUT2D eigenvalue weighted by atomic mass is 10.1. The molecule has 3 rings (SSSR count). The van der Waals surface area contributed by atoms with Gasteiger partial charge in [0.2, 0.25) is 5.89 Å². The minimum Gasteiger partial charge on any atom is -0.435 e. The molecule has 0 radical (unpaired) electrons. The summed E-state index contributed by atoms with van der Waals surface area (Å²) in [6.45, 7) is 4.15. The molecule has 92 valence electrons. The van der Waals surface area contributed by atoms with Gasteiger partial charge < -0.3 is 10.2 Å². The summed E-state index contributed by atoms with van der Waals surface area (Å²) in [6, 6.07) is 8.09. The first-order valence-corrected chi connectivity index (χ1v) is 6.74. The summed E-state index contributed by atoms with van der Waals surface area (Å²) < 4.78 is 5.79. The van der Waals surface area contributed by atoms with Gasteiger partial charge in [0.15, 0.2) is 5.58 Å². The third-order valence-corrected chi connectivity index (χ3v) is 4.05. The largest absolute Gasteiger partial charge is 0.435 e. The van der Waals surface area contributed by atoms with Crippen LogP contribution in [0.3, 0.4) is 0 Å². The summed E-state index contributed by atoms with van der Waals surface area (Å²) in [7, 11) is 0. The van der Waals surface area contributed by atoms with E-state index in [9.17, 15) is 0 Å². The topological polar surface area (TPSA) is 52.0 Å². The summed E-state index contributed by atoms with van der Waals surface area (Å²) in [4.78, 5) is 5.57. The van der Waals surface area contributed by atoms with Crippen molar-refractivity contribution in [2.45, 2.75) is 20.3 Å². The highest BCUT2D eigenvalue weighted by Gasteiger charge is 2.13. The van der Waals surface area contributed by atoms with Crippen molar-refractivity contribution in [3.05, 3.63) is 35.4 Å². The number of rotatable bonds is 2. The number of thiophene rings is 1. The molecular weight excluding hydrogens is 244 g/mol. The Hall–Kier alpha value is -1.81. The predicted octanol–water partition coefficient (Wildman–Crippen LogP) is 4.01. The summed E-state index contributed by atoms with van der Waals surface area (Å²) in [6.07, 6.45) is 1.00. The summed E-state index contributed by atoms with van der Waals surface area (Å²) >= 11 is 1.51. The standard InChI is InChI=1S/C14H14N2OS/c1-3-9-4-5-11-10(7-9)16-14(17-11)13-8(2)6-12(15)18-13/h4-7H,3,15H2,1-2H3. The number of benzene rings is 1. The van der Waals surface area contributed by atoms with Crippen LogP contribution in [0.15, 0.2) is 28.7 Å². The highest BCUT2D eigenvalue weighted by atomic mass is 32.1. The first-order valence-electron chi connectivity index (χ1n) is 5.93. The van der Waals surface area contributed by atoms with Crippen LogP contribution in [0.1, 0.15) is 18.1 Å². The maximum atomic E-state index is 5.81. The van der Waals surface area contributed by atoms with E-state index >= 15 is 0 Å². The van der Waals surface area contributed by atoms with Gasteiger partial charge in [-0.25, -0.2) is 4.98 Å². The van der Waals surface area contributed by atoms with Gasteiger partial charge in [-0.15, -0.1) is 11.3 Å². The molecule has 1 aromatic carbocycles. The summed E-state index contributed by atoms with van der Waals surface area (Å²) in [5, 5.41) is 0.791. The number of oxazole rings is 1. The lowest BCUT2D eigenvalue weighted by molar-refractivity contribution is 0.621. The van der Waals surface area contributed by atoms with Crippen LogP contribution in [0.4, 0.5) is 5.00 Å². The normalized spacial score (nSPS) is 11.2. The van der Waals surface area contributed by atoms with Crippen molar-refractivity contribution < 1.29 is 4.42 Å². The highest BCUT2D eigenvalue weighted by molar-refractivity contribution is 7.19. The molecule has 2 heterocycles. The third kappa shape index (κ3) is 1.78. The van der Waals surface area contributed by atoms with Gasteiger partial charge in [0.05, 0.1) is 9.88 Å². The Morgan fingerprint density at radius 1 is 1.33 bits per heavy atom. The molecule has 4 heteroatoms. The van der Waals surface area contributed by atoms with Crippen LogP contribution in [0, 0.1) is 6.92 Å². The van der Waals surface area contributed by atoms with Crippen LogP contribution >= 0.6 is 11.3 Å². The minimum absolute atomic E-state index is 0.664. The van der Waals surface area contributed by atoms with E-state index in [4.69, 9.17) is 10.2 Å². The van der Waals surface area contributed by atoms with E-state index in [1.165, 1.54) is 16.9 Å². The van der Waals surface area contributed by atoms with E-state index < -0.39 is 0 Å². The van der Waals surface area contributed by atoms with Gasteiger partial charge in [0.1, 0.15) is 5.52 Å². The van der Waals surface area contributed by atoms with Crippen LogP contribution in [-0.4, -0.2) is 4.98 Å². The van der Waals surface area contributed by atoms with E-state index in [1.807, 2.05) is 19.1 Å². The second kappa shape index (κ2) is 4.14. The van der Waals surface area contributed by atoms with Gasteiger partial charge in [-0.1, -0.05) is 13.0 Å². The molecule has 0 bridgehead atoms. The monoisotopic (exact) mass is 258 g/mol. The smallest absolute Gasteiger partial charge is 0.237 e. The van der Waals surface area contributed by atoms with Crippen LogP contribution in [0.25, 0.3) is 21.9 Å². The van der Waals surface area contributed by atoms with Gasteiger partial charge in [-0.2, -0.15) is 0 Å². The molecule has 0 fully saturated rings. The molecule has 0 unspecified atom stereocenters. The number of aromatic nitrogens is 1. The Kier molecular flexibility index (Phi) is 2.59. The molecule has 0 aliphatic heterocycles. The molecule has 0 aliphatic carbocycles. The maximum Gasteiger partial charge on any atom is 0.237 e. The predicted molar refractivity (Wildman–Crippen MR) is 75.8 cm³/mol. The molecule has 3 aromatic rings. The SMILES string of the molecule is CCc1ccc2oc(-c3sc(N)cc3C)nc2c1. The number of nitrogen functional groups attached to an aromatic ring is 1. The zero-order valence-corrected chi connectivity index (χ0v) is 11.2. The van der Waals surface area contributed by atoms with E-state index in [0.29, 0.717) is 5.89 Å². The zero-order valence-electron chi connectivity index (χ0n) is 10.4. The molecule has 18 heavy (non-hydrogen) atoms. The van der Waals surface area contributed by atoms with Crippen molar-refractivity contribution in [1.82, 2.24) is 4.98 Å². The van der Waals surface area contributed by atoms with Crippen molar-refractivity contribution in [2.75, 3.05) is 5.73 Å². The van der Waals surface area contributed by atoms with Crippen LogP contribution in [0.5, 0.6) is 0 Å². The second-order valence-corrected chi connectivity index (χ2v) is 5.42. The molecular formula is C14H14N2OS. The maximum absolute atomic E-state index is 5.81. The van der Waals surface area contributed by atoms with Crippen molar-refractivity contribution in [3.63, 3.8) is 0 Å². The molecule has 0 saturated heterocycles. The summed E-state index contributed by atoms with van der Waals surface area (Å²) in [5.74, 6) is 0.664. The van der Waals surface area contributed by atoms with Crippen molar-refractivity contribution in [1.29, 1.82) is 0 Å². The Morgan fingerprint density at radius 2 is 2.17 bits per heavy atom. The first-order chi connectivity index (χ1) is 8.67. The number of aryl methyl sites for hydroxylation is 2. The Labute approximate surface area is 109 Å². The van der Waals surface area contributed by atoms with E-state index in [0.717, 1.165) is 33.0 Å². The second-order valence-electron chi connectivity index (χ2n) is 4.34. The number of hydrogen-bond acceptors (Lipinski definition) is 4. The zero-order chi connectivity index (χ0) is 12.7. The van der Waals surface area contributed by atoms with Crippen LogP contribution < -0.4 is 5.73 Å². The number of hydrogen-bond donors (Lipinski definition) is 1. The number of anilines is 1. The molecule has 0 amide bonds. The average Bonchev–Trinajstić information content (AvgIpc) is 2.90. The van der Waals surface area contributed by atoms with Crippen LogP contribution in [-0.2, 0) is 6.42 Å². The average molecular weight is 258 g/mol. The van der Waals surface area contributed by atoms with Crippen molar-refractivity contribution >= 4 is 27.4 Å². The fourth-order valence-electron chi connectivity index (χ4n) is 2.01. The fraction of sp³-hybridized carbons (Fsp3) is 0.214. The molecule has 3 nitrogen and oxygen atoms in total. The van der Waals surface area contributed by atoms with Gasteiger partial charge in [-0.05, 0) is 42.7 Å². The molecule has 2 aromatic heterocycles. The van der Waals surface area contributed by atoms with E-state index in [1.54, 1.807) is 0 Å². The molecule has 0 atom stereocenters. The lowest BCUT2D eigenvalue weighted by Crippen LogP contribution is -1.78. The van der Waals surface area contributed by atoms with E-state index in [-0.39, 0.29) is 0 Å². The van der Waals surface area contributed by atoms with Gasteiger partial charge in [0, 0.05) is 0 Å². The van der Waals surface area contributed by atoms with Crippen LogP contribution in [0.2, 0.25) is 0 Å². The molecule has 2 N–H and O–H groups in total. The Balaban J connectivity index is 2.16. The third-order valence-electron chi connectivity index (χ3n) is 2.99.